The Morgan fingerprint density at radius 3 is 3.75 bits per heavy atom. The van der Waals surface area contributed by atoms with Gasteiger partial charge in [0.1, 0.15) is 0 Å². The van der Waals surface area contributed by atoms with Crippen LogP contribution in [-0.4, -0.2) is 12.6 Å². The molecule has 0 aromatic heterocycles. The van der Waals surface area contributed by atoms with Gasteiger partial charge < -0.3 is 4.74 Å². The van der Waals surface area contributed by atoms with Gasteiger partial charge >= 0.3 is 0 Å². The largest absolute Gasteiger partial charge is 0.373 e. The summed E-state index contributed by atoms with van der Waals surface area (Å²) >= 11 is 0. The molecule has 0 radical (unpaired) electrons. The Hall–Kier alpha value is -0.0400. The van der Waals surface area contributed by atoms with Crippen LogP contribution in [0.4, 0.5) is 0 Å². The van der Waals surface area contributed by atoms with Gasteiger partial charge in [0, 0.05) is 4.11 Å². The summed E-state index contributed by atoms with van der Waals surface area (Å²) in [5.74, 6) is 0. The van der Waals surface area contributed by atoms with Crippen LogP contribution in [0, 0.1) is 0 Å². The van der Waals surface area contributed by atoms with Crippen LogP contribution < -0.4 is 0 Å². The summed E-state index contributed by atoms with van der Waals surface area (Å²) in [7, 11) is 0. The molecule has 0 aromatic rings. The van der Waals surface area contributed by atoms with Crippen LogP contribution in [0.2, 0.25) is 0 Å². The van der Waals surface area contributed by atoms with Crippen molar-refractivity contribution in [3.05, 3.63) is 0 Å². The second kappa shape index (κ2) is 0.462. The highest BCUT2D eigenvalue weighted by atomic mass is 16.6. The zero-order valence-electron chi connectivity index (χ0n) is 7.91. The van der Waals surface area contributed by atoms with Crippen molar-refractivity contribution < 1.29 is 13.0 Å². The van der Waals surface area contributed by atoms with Crippen LogP contribution in [0.15, 0.2) is 0 Å². The summed E-state index contributed by atoms with van der Waals surface area (Å²) in [5, 5.41) is 0. The molecular weight excluding hydrogens is 52.0 g/mol. The lowest BCUT2D eigenvalue weighted by molar-refractivity contribution is 0.423. The molecule has 0 aliphatic carbocycles. The number of rotatable bonds is 0. The molecule has 0 bridgehead atoms. The molecule has 1 saturated heterocycles. The van der Waals surface area contributed by atoms with Gasteiger partial charge in [-0.3, -0.25) is 0 Å². The molecule has 1 atom stereocenters. The number of ether oxygens (including phenoxy) is 1. The van der Waals surface area contributed by atoms with Gasteiger partial charge in [-0.2, -0.15) is 0 Å². The molecule has 4 heavy (non-hydrogen) atoms. The molecule has 1 heteroatoms. The Labute approximate surface area is 34.0 Å². The lowest BCUT2D eigenvalue weighted by atomic mass is 10.6. The normalized spacial score (nSPS) is 96.0. The molecule has 1 aliphatic rings. The standard InChI is InChI=1S/C3H6O/c1-3-2-4-3/h3H,2H2,1H3/i1D3,2D2,3D. The van der Waals surface area contributed by atoms with Crippen molar-refractivity contribution in [2.24, 2.45) is 0 Å². The third kappa shape index (κ3) is 0.206. The van der Waals surface area contributed by atoms with Crippen molar-refractivity contribution in [1.29, 1.82) is 0 Å². The fourth-order valence-electron chi connectivity index (χ4n) is 0.0255. The SMILES string of the molecule is [2H]C([2H])([2H])C1([2H])OC1([2H])[2H]. The molecule has 1 unspecified atom stereocenters. The fourth-order valence-corrected chi connectivity index (χ4v) is 0.0255. The van der Waals surface area contributed by atoms with E-state index in [-0.39, 0.29) is 0 Å². The van der Waals surface area contributed by atoms with Crippen LogP contribution in [-0.2, 0) is 4.74 Å². The molecule has 0 N–H and O–H groups in total. The molecule has 0 saturated carbocycles. The molecule has 1 fully saturated rings. The first-order valence-corrected chi connectivity index (χ1v) is 0.908. The predicted molar refractivity (Wildman–Crippen MR) is 15.4 cm³/mol. The van der Waals surface area contributed by atoms with E-state index in [9.17, 15) is 0 Å². The van der Waals surface area contributed by atoms with Gasteiger partial charge in [0.2, 0.25) is 0 Å². The van der Waals surface area contributed by atoms with Crippen LogP contribution in [0.1, 0.15) is 15.1 Å². The number of hydrogen-bond acceptors (Lipinski definition) is 1. The predicted octanol–water partition coefficient (Wildman–Crippen LogP) is 0.405. The van der Waals surface area contributed by atoms with Crippen LogP contribution >= 0.6 is 0 Å². The van der Waals surface area contributed by atoms with Crippen molar-refractivity contribution in [3.63, 3.8) is 0 Å². The van der Waals surface area contributed by atoms with Crippen molar-refractivity contribution in [2.75, 3.05) is 6.56 Å². The molecule has 0 spiro atoms. The van der Waals surface area contributed by atoms with Gasteiger partial charge in [-0.05, 0) is 6.85 Å². The summed E-state index contributed by atoms with van der Waals surface area (Å²) in [6, 6.07) is 0. The van der Waals surface area contributed by atoms with E-state index < -0.39 is 19.5 Å². The Morgan fingerprint density at radius 1 is 3.00 bits per heavy atom. The highest BCUT2D eigenvalue weighted by Crippen LogP contribution is 2.04. The third-order valence-corrected chi connectivity index (χ3v) is 0.204. The third-order valence-electron chi connectivity index (χ3n) is 0.204. The Kier molecular flexibility index (Phi) is 0.0404. The summed E-state index contributed by atoms with van der Waals surface area (Å²) < 4.78 is 44.6. The molecule has 1 aliphatic heterocycles. The van der Waals surface area contributed by atoms with E-state index in [2.05, 4.69) is 4.74 Å². The summed E-state index contributed by atoms with van der Waals surface area (Å²) in [6.07, 6.45) is -2.33. The van der Waals surface area contributed by atoms with Crippen molar-refractivity contribution in [3.8, 4) is 0 Å². The topological polar surface area (TPSA) is 12.5 Å². The molecule has 1 rings (SSSR count). The van der Waals surface area contributed by atoms with E-state index in [1.54, 1.807) is 0 Å². The van der Waals surface area contributed by atoms with E-state index in [1.165, 1.54) is 0 Å². The minimum absolute atomic E-state index is 2.31. The summed E-state index contributed by atoms with van der Waals surface area (Å²) in [4.78, 5) is 0. The van der Waals surface area contributed by atoms with Gasteiger partial charge in [-0.15, -0.1) is 0 Å². The van der Waals surface area contributed by atoms with E-state index in [1.807, 2.05) is 0 Å². The van der Waals surface area contributed by atoms with Gasteiger partial charge in [0.15, 0.2) is 0 Å². The highest BCUT2D eigenvalue weighted by Gasteiger charge is 2.13. The highest BCUT2D eigenvalue weighted by molar-refractivity contribution is 4.58. The van der Waals surface area contributed by atoms with E-state index >= 15 is 0 Å². The van der Waals surface area contributed by atoms with Crippen LogP contribution in [0.3, 0.4) is 0 Å². The zero-order chi connectivity index (χ0) is 8.21. The van der Waals surface area contributed by atoms with E-state index in [0.717, 1.165) is 0 Å². The van der Waals surface area contributed by atoms with Gasteiger partial charge in [0.05, 0.1) is 16.8 Å². The van der Waals surface area contributed by atoms with Crippen molar-refractivity contribution in [1.82, 2.24) is 0 Å². The monoisotopic (exact) mass is 64.1 g/mol. The minimum atomic E-state index is -2.70. The van der Waals surface area contributed by atoms with Gasteiger partial charge in [-0.25, -0.2) is 0 Å². The van der Waals surface area contributed by atoms with E-state index in [0.29, 0.717) is 0 Å². The molecule has 1 heterocycles. The first-order chi connectivity index (χ1) is 4.21. The molecular formula is C3H6O. The maximum atomic E-state index is 6.94. The fraction of sp³-hybridized carbons (Fsp3) is 1.00. The van der Waals surface area contributed by atoms with Gasteiger partial charge in [0.25, 0.3) is 0 Å². The molecule has 0 amide bonds. The summed E-state index contributed by atoms with van der Waals surface area (Å²) in [6.45, 7) is -5.01. The molecule has 24 valence electrons. The Morgan fingerprint density at radius 2 is 3.75 bits per heavy atom. The second-order valence-electron chi connectivity index (χ2n) is 0.533. The molecule has 1 nitrogen and oxygen atoms in total. The number of hydrogen-bond donors (Lipinski definition) is 0. The average molecular weight is 64.1 g/mol. The van der Waals surface area contributed by atoms with E-state index in [4.69, 9.17) is 8.22 Å². The Balaban J connectivity index is 2.78. The van der Waals surface area contributed by atoms with Crippen LogP contribution in [0.25, 0.3) is 0 Å². The minimum Gasteiger partial charge on any atom is -0.373 e. The summed E-state index contributed by atoms with van der Waals surface area (Å²) in [5.41, 5.74) is 0. The smallest absolute Gasteiger partial charge is 0.0781 e. The van der Waals surface area contributed by atoms with Crippen molar-refractivity contribution in [2.45, 2.75) is 12.9 Å². The quantitative estimate of drug-likeness (QED) is 0.371. The zero-order valence-corrected chi connectivity index (χ0v) is 1.91. The maximum absolute atomic E-state index is 6.94. The van der Waals surface area contributed by atoms with Crippen molar-refractivity contribution >= 4 is 0 Å². The second-order valence-corrected chi connectivity index (χ2v) is 0.533. The molecule has 0 aromatic carbocycles. The lowest BCUT2D eigenvalue weighted by Gasteiger charge is -1.50. The first kappa shape index (κ1) is 0.350. The first-order valence-electron chi connectivity index (χ1n) is 3.91. The lowest BCUT2D eigenvalue weighted by Crippen LogP contribution is -1.60. The number of epoxide rings is 1. The average Bonchev–Trinajstić information content (AvgIpc) is 2.05. The maximum Gasteiger partial charge on any atom is 0.0781 e. The Bertz CT molecular complexity index is 161. The van der Waals surface area contributed by atoms with Gasteiger partial charge in [-0.1, -0.05) is 0 Å². The van der Waals surface area contributed by atoms with Crippen LogP contribution in [0.5, 0.6) is 0 Å².